The van der Waals surface area contributed by atoms with Crippen LogP contribution in [0.15, 0.2) is 48.5 Å². The van der Waals surface area contributed by atoms with Gasteiger partial charge in [0.2, 0.25) is 5.95 Å². The van der Waals surface area contributed by atoms with Gasteiger partial charge in [0.1, 0.15) is 5.82 Å². The third kappa shape index (κ3) is 2.78. The number of halogens is 2. The Bertz CT molecular complexity index is 724. The molecular formula is C14H10ClFN4. The van der Waals surface area contributed by atoms with Gasteiger partial charge in [-0.15, -0.1) is 5.10 Å². The van der Waals surface area contributed by atoms with Crippen molar-refractivity contribution in [3.8, 4) is 11.4 Å². The number of anilines is 2. The lowest BCUT2D eigenvalue weighted by atomic mass is 10.2. The molecule has 100 valence electrons. The third-order valence-electron chi connectivity index (χ3n) is 2.68. The zero-order chi connectivity index (χ0) is 13.9. The first-order valence-corrected chi connectivity index (χ1v) is 6.29. The number of nitrogens with zero attached hydrogens (tertiary/aromatic N) is 2. The van der Waals surface area contributed by atoms with E-state index in [1.54, 1.807) is 24.3 Å². The molecule has 0 saturated carbocycles. The van der Waals surface area contributed by atoms with E-state index in [1.165, 1.54) is 12.1 Å². The minimum absolute atomic E-state index is 0.287. The van der Waals surface area contributed by atoms with Gasteiger partial charge in [-0.1, -0.05) is 23.7 Å². The van der Waals surface area contributed by atoms with Gasteiger partial charge in [0.15, 0.2) is 5.82 Å². The summed E-state index contributed by atoms with van der Waals surface area (Å²) in [6.45, 7) is 0. The second-order valence-corrected chi connectivity index (χ2v) is 4.59. The molecule has 0 amide bonds. The predicted molar refractivity (Wildman–Crippen MR) is 76.5 cm³/mol. The van der Waals surface area contributed by atoms with Crippen LogP contribution in [0.3, 0.4) is 0 Å². The molecule has 1 aromatic heterocycles. The molecule has 2 N–H and O–H groups in total. The summed E-state index contributed by atoms with van der Waals surface area (Å²) in [5.41, 5.74) is 1.56. The van der Waals surface area contributed by atoms with Gasteiger partial charge in [-0.2, -0.15) is 4.98 Å². The third-order valence-corrected chi connectivity index (χ3v) is 2.92. The summed E-state index contributed by atoms with van der Waals surface area (Å²) in [4.78, 5) is 4.31. The van der Waals surface area contributed by atoms with Gasteiger partial charge in [0.25, 0.3) is 0 Å². The molecule has 1 heterocycles. The second kappa shape index (κ2) is 5.30. The summed E-state index contributed by atoms with van der Waals surface area (Å²) in [5.74, 6) is 0.730. The molecular weight excluding hydrogens is 279 g/mol. The van der Waals surface area contributed by atoms with Crippen molar-refractivity contribution in [2.24, 2.45) is 0 Å². The van der Waals surface area contributed by atoms with Crippen LogP contribution in [0.4, 0.5) is 16.0 Å². The van der Waals surface area contributed by atoms with E-state index < -0.39 is 0 Å². The molecule has 3 rings (SSSR count). The number of aromatic nitrogens is 3. The summed E-state index contributed by atoms with van der Waals surface area (Å²) in [6.07, 6.45) is 0. The lowest BCUT2D eigenvalue weighted by molar-refractivity contribution is 0.628. The highest BCUT2D eigenvalue weighted by Gasteiger charge is 2.06. The van der Waals surface area contributed by atoms with Crippen molar-refractivity contribution < 1.29 is 4.39 Å². The van der Waals surface area contributed by atoms with E-state index in [0.717, 1.165) is 5.56 Å². The van der Waals surface area contributed by atoms with Crippen LogP contribution in [-0.4, -0.2) is 15.2 Å². The minimum Gasteiger partial charge on any atom is -0.323 e. The molecule has 0 fully saturated rings. The first-order valence-electron chi connectivity index (χ1n) is 5.92. The van der Waals surface area contributed by atoms with E-state index in [1.807, 2.05) is 12.1 Å². The van der Waals surface area contributed by atoms with Crippen LogP contribution < -0.4 is 5.32 Å². The van der Waals surface area contributed by atoms with Crippen LogP contribution in [0.25, 0.3) is 11.4 Å². The van der Waals surface area contributed by atoms with Gasteiger partial charge < -0.3 is 5.32 Å². The van der Waals surface area contributed by atoms with Crippen molar-refractivity contribution in [3.63, 3.8) is 0 Å². The highest BCUT2D eigenvalue weighted by Crippen LogP contribution is 2.21. The SMILES string of the molecule is Fc1ccc(Nc2n[nH]c(-c3cccc(Cl)c3)n2)cc1. The number of benzene rings is 2. The molecule has 3 aromatic rings. The molecule has 0 atom stereocenters. The highest BCUT2D eigenvalue weighted by atomic mass is 35.5. The fraction of sp³-hybridized carbons (Fsp3) is 0. The molecule has 0 aliphatic carbocycles. The molecule has 0 unspecified atom stereocenters. The number of rotatable bonds is 3. The Morgan fingerprint density at radius 3 is 2.65 bits per heavy atom. The highest BCUT2D eigenvalue weighted by molar-refractivity contribution is 6.30. The van der Waals surface area contributed by atoms with Crippen molar-refractivity contribution in [2.45, 2.75) is 0 Å². The Hall–Kier alpha value is -2.40. The fourth-order valence-corrected chi connectivity index (χ4v) is 1.94. The van der Waals surface area contributed by atoms with Crippen LogP contribution in [0.1, 0.15) is 0 Å². The van der Waals surface area contributed by atoms with Gasteiger partial charge >= 0.3 is 0 Å². The molecule has 0 saturated heterocycles. The minimum atomic E-state index is -0.287. The molecule has 0 bridgehead atoms. The molecule has 0 radical (unpaired) electrons. The van der Waals surface area contributed by atoms with E-state index in [-0.39, 0.29) is 5.82 Å². The molecule has 4 nitrogen and oxygen atoms in total. The van der Waals surface area contributed by atoms with Crippen LogP contribution in [0.5, 0.6) is 0 Å². The largest absolute Gasteiger partial charge is 0.323 e. The summed E-state index contributed by atoms with van der Waals surface area (Å²) in [5, 5.41) is 10.5. The Morgan fingerprint density at radius 2 is 1.90 bits per heavy atom. The average molecular weight is 289 g/mol. The topological polar surface area (TPSA) is 53.6 Å². The first-order chi connectivity index (χ1) is 9.70. The fourth-order valence-electron chi connectivity index (χ4n) is 1.74. The molecule has 6 heteroatoms. The van der Waals surface area contributed by atoms with E-state index >= 15 is 0 Å². The van der Waals surface area contributed by atoms with Gasteiger partial charge in [0.05, 0.1) is 0 Å². The Kier molecular flexibility index (Phi) is 3.35. The standard InChI is InChI=1S/C14H10ClFN4/c15-10-3-1-2-9(8-10)13-18-14(20-19-13)17-12-6-4-11(16)5-7-12/h1-8H,(H2,17,18,19,20). The van der Waals surface area contributed by atoms with Gasteiger partial charge in [-0.25, -0.2) is 4.39 Å². The summed E-state index contributed by atoms with van der Waals surface area (Å²) in [6, 6.07) is 13.3. The van der Waals surface area contributed by atoms with Gasteiger partial charge in [-0.3, -0.25) is 5.10 Å². The van der Waals surface area contributed by atoms with Crippen molar-refractivity contribution in [2.75, 3.05) is 5.32 Å². The van der Waals surface area contributed by atoms with Crippen LogP contribution in [-0.2, 0) is 0 Å². The summed E-state index contributed by atoms with van der Waals surface area (Å²) >= 11 is 5.93. The van der Waals surface area contributed by atoms with E-state index in [4.69, 9.17) is 11.6 Å². The van der Waals surface area contributed by atoms with E-state index in [9.17, 15) is 4.39 Å². The maximum absolute atomic E-state index is 12.8. The van der Waals surface area contributed by atoms with Gasteiger partial charge in [-0.05, 0) is 36.4 Å². The number of H-pyrrole nitrogens is 1. The maximum Gasteiger partial charge on any atom is 0.246 e. The lowest BCUT2D eigenvalue weighted by Crippen LogP contribution is -1.92. The molecule has 20 heavy (non-hydrogen) atoms. The van der Waals surface area contributed by atoms with Crippen molar-refractivity contribution in [1.29, 1.82) is 0 Å². The second-order valence-electron chi connectivity index (χ2n) is 4.15. The summed E-state index contributed by atoms with van der Waals surface area (Å²) < 4.78 is 12.8. The van der Waals surface area contributed by atoms with Crippen LogP contribution in [0.2, 0.25) is 5.02 Å². The van der Waals surface area contributed by atoms with Gasteiger partial charge in [0, 0.05) is 16.3 Å². The monoisotopic (exact) mass is 288 g/mol. The lowest BCUT2D eigenvalue weighted by Gasteiger charge is -2.00. The van der Waals surface area contributed by atoms with E-state index in [2.05, 4.69) is 20.5 Å². The zero-order valence-electron chi connectivity index (χ0n) is 10.3. The van der Waals surface area contributed by atoms with Crippen LogP contribution >= 0.6 is 11.6 Å². The number of nitrogens with one attached hydrogen (secondary N) is 2. The Morgan fingerprint density at radius 1 is 1.10 bits per heavy atom. The number of hydrogen-bond donors (Lipinski definition) is 2. The van der Waals surface area contributed by atoms with E-state index in [0.29, 0.717) is 22.5 Å². The maximum atomic E-state index is 12.8. The summed E-state index contributed by atoms with van der Waals surface area (Å²) in [7, 11) is 0. The Balaban J connectivity index is 1.82. The smallest absolute Gasteiger partial charge is 0.246 e. The first kappa shape index (κ1) is 12.6. The normalized spacial score (nSPS) is 10.5. The Labute approximate surface area is 119 Å². The van der Waals surface area contributed by atoms with Crippen LogP contribution in [0, 0.1) is 5.82 Å². The number of hydrogen-bond acceptors (Lipinski definition) is 3. The predicted octanol–water partition coefficient (Wildman–Crippen LogP) is 4.01. The zero-order valence-corrected chi connectivity index (χ0v) is 11.0. The number of aromatic amines is 1. The molecule has 2 aromatic carbocycles. The van der Waals surface area contributed by atoms with Crippen molar-refractivity contribution in [3.05, 3.63) is 59.4 Å². The molecule has 0 spiro atoms. The molecule has 0 aliphatic heterocycles. The quantitative estimate of drug-likeness (QED) is 0.766. The molecule has 0 aliphatic rings. The van der Waals surface area contributed by atoms with Crippen molar-refractivity contribution >= 4 is 23.2 Å². The average Bonchev–Trinajstić information content (AvgIpc) is 2.90. The van der Waals surface area contributed by atoms with Crippen molar-refractivity contribution in [1.82, 2.24) is 15.2 Å².